The molecule has 40 heavy (non-hydrogen) atoms. The number of methoxy groups -OCH3 is 1. The fourth-order valence-corrected chi connectivity index (χ4v) is 5.13. The fourth-order valence-electron chi connectivity index (χ4n) is 5.13. The van der Waals surface area contributed by atoms with Crippen LogP contribution < -0.4 is 10.3 Å². The normalized spacial score (nSPS) is 12.2. The maximum atomic E-state index is 13.3. The van der Waals surface area contributed by atoms with E-state index in [-0.39, 0.29) is 11.6 Å². The molecule has 0 bridgehead atoms. The van der Waals surface area contributed by atoms with Crippen molar-refractivity contribution in [1.82, 2.24) is 30.1 Å². The maximum Gasteiger partial charge on any atom is 0.252 e. The summed E-state index contributed by atoms with van der Waals surface area (Å²) in [6.45, 7) is 10.0. The molecule has 0 amide bonds. The van der Waals surface area contributed by atoms with Crippen LogP contribution in [0.5, 0.6) is 5.75 Å². The molecule has 0 fully saturated rings. The van der Waals surface area contributed by atoms with Crippen LogP contribution in [0.2, 0.25) is 0 Å². The van der Waals surface area contributed by atoms with Crippen LogP contribution in [0.3, 0.4) is 0 Å². The lowest BCUT2D eigenvalue weighted by Crippen LogP contribution is -2.32. The van der Waals surface area contributed by atoms with E-state index < -0.39 is 0 Å². The zero-order chi connectivity index (χ0) is 28.2. The van der Waals surface area contributed by atoms with Crippen molar-refractivity contribution in [3.05, 3.63) is 116 Å². The van der Waals surface area contributed by atoms with Crippen molar-refractivity contribution in [3.63, 3.8) is 0 Å². The van der Waals surface area contributed by atoms with Gasteiger partial charge in [-0.1, -0.05) is 48.9 Å². The molecule has 5 rings (SSSR count). The molecule has 8 nitrogen and oxygen atoms in total. The number of H-pyrrole nitrogens is 1. The van der Waals surface area contributed by atoms with Gasteiger partial charge in [0, 0.05) is 24.2 Å². The molecule has 206 valence electrons. The van der Waals surface area contributed by atoms with Crippen LogP contribution in [-0.2, 0) is 19.6 Å². The molecule has 1 atom stereocenters. The van der Waals surface area contributed by atoms with Crippen LogP contribution >= 0.6 is 0 Å². The van der Waals surface area contributed by atoms with Crippen molar-refractivity contribution in [2.45, 2.75) is 59.8 Å². The second kappa shape index (κ2) is 11.8. The van der Waals surface area contributed by atoms with E-state index in [0.29, 0.717) is 19.6 Å². The van der Waals surface area contributed by atoms with Gasteiger partial charge in [0.15, 0.2) is 5.82 Å². The Labute approximate surface area is 234 Å². The highest BCUT2D eigenvalue weighted by atomic mass is 16.5. The predicted molar refractivity (Wildman–Crippen MR) is 157 cm³/mol. The maximum absolute atomic E-state index is 13.3. The van der Waals surface area contributed by atoms with Crippen LogP contribution in [0.1, 0.15) is 58.6 Å². The van der Waals surface area contributed by atoms with Gasteiger partial charge in [-0.15, -0.1) is 5.10 Å². The van der Waals surface area contributed by atoms with E-state index in [1.807, 2.05) is 41.1 Å². The van der Waals surface area contributed by atoms with Crippen LogP contribution in [0, 0.1) is 20.8 Å². The summed E-state index contributed by atoms with van der Waals surface area (Å²) in [6, 6.07) is 22.6. The Kier molecular flexibility index (Phi) is 8.07. The van der Waals surface area contributed by atoms with Crippen molar-refractivity contribution in [2.75, 3.05) is 7.11 Å². The van der Waals surface area contributed by atoms with E-state index in [1.54, 1.807) is 7.11 Å². The molecule has 5 aromatic rings. The summed E-state index contributed by atoms with van der Waals surface area (Å²) in [5.74, 6) is 1.58. The Morgan fingerprint density at radius 1 is 0.925 bits per heavy atom. The molecule has 1 unspecified atom stereocenters. The van der Waals surface area contributed by atoms with E-state index in [1.165, 1.54) is 16.7 Å². The van der Waals surface area contributed by atoms with E-state index >= 15 is 0 Å². The van der Waals surface area contributed by atoms with Gasteiger partial charge in [-0.3, -0.25) is 9.69 Å². The molecule has 8 heteroatoms. The highest BCUT2D eigenvalue weighted by molar-refractivity contribution is 5.80. The molecule has 0 aliphatic heterocycles. The first-order valence-corrected chi connectivity index (χ1v) is 13.7. The summed E-state index contributed by atoms with van der Waals surface area (Å²) >= 11 is 0. The number of ether oxygens (including phenoxy) is 1. The minimum Gasteiger partial charge on any atom is -0.497 e. The summed E-state index contributed by atoms with van der Waals surface area (Å²) in [4.78, 5) is 18.7. The second-order valence-corrected chi connectivity index (χ2v) is 10.5. The van der Waals surface area contributed by atoms with Crippen LogP contribution in [0.4, 0.5) is 0 Å². The number of fused-ring (bicyclic) bond motifs is 1. The largest absolute Gasteiger partial charge is 0.497 e. The van der Waals surface area contributed by atoms with Gasteiger partial charge in [0.2, 0.25) is 0 Å². The Hall–Kier alpha value is -4.30. The lowest BCUT2D eigenvalue weighted by atomic mass is 10.0. The van der Waals surface area contributed by atoms with Crippen LogP contribution in [0.15, 0.2) is 71.5 Å². The summed E-state index contributed by atoms with van der Waals surface area (Å²) in [5.41, 5.74) is 7.32. The average Bonchev–Trinajstić information content (AvgIpc) is 3.40. The quantitative estimate of drug-likeness (QED) is 0.248. The van der Waals surface area contributed by atoms with Gasteiger partial charge in [0.05, 0.1) is 19.7 Å². The Balaban J connectivity index is 1.51. The smallest absolute Gasteiger partial charge is 0.252 e. The third kappa shape index (κ3) is 5.97. The van der Waals surface area contributed by atoms with E-state index in [4.69, 9.17) is 4.74 Å². The van der Waals surface area contributed by atoms with E-state index in [0.717, 1.165) is 45.6 Å². The standard InChI is InChI=1S/C32H36N6O2/c1-6-30(31-34-35-36-38(31)19-25-11-13-28(40-5)14-12-25)37(18-24-9-7-21(2)8-10-24)20-27-17-26-15-22(3)23(4)16-29(26)33-32(27)39/h7-17,30H,6,18-20H2,1-5H3,(H,33,39). The average molecular weight is 537 g/mol. The molecule has 0 spiro atoms. The third-order valence-corrected chi connectivity index (χ3v) is 7.59. The molecule has 0 aliphatic carbocycles. The number of aromatic amines is 1. The first kappa shape index (κ1) is 27.3. The molecule has 0 aliphatic rings. The minimum atomic E-state index is -0.107. The topological polar surface area (TPSA) is 88.9 Å². The van der Waals surface area contributed by atoms with Crippen molar-refractivity contribution >= 4 is 10.9 Å². The van der Waals surface area contributed by atoms with Crippen molar-refractivity contribution in [1.29, 1.82) is 0 Å². The number of benzene rings is 3. The molecule has 1 N–H and O–H groups in total. The number of nitrogens with one attached hydrogen (secondary N) is 1. The number of pyridine rings is 1. The van der Waals surface area contributed by atoms with Crippen molar-refractivity contribution in [3.8, 4) is 5.75 Å². The summed E-state index contributed by atoms with van der Waals surface area (Å²) in [6.07, 6.45) is 0.776. The van der Waals surface area contributed by atoms with Gasteiger partial charge in [-0.2, -0.15) is 0 Å². The number of hydrogen-bond donors (Lipinski definition) is 1. The molecular formula is C32H36N6O2. The molecular weight excluding hydrogens is 500 g/mol. The monoisotopic (exact) mass is 536 g/mol. The summed E-state index contributed by atoms with van der Waals surface area (Å²) in [7, 11) is 1.66. The molecule has 2 heterocycles. The predicted octanol–water partition coefficient (Wildman–Crippen LogP) is 5.65. The van der Waals surface area contributed by atoms with Crippen LogP contribution in [0.25, 0.3) is 10.9 Å². The second-order valence-electron chi connectivity index (χ2n) is 10.5. The van der Waals surface area contributed by atoms with Gasteiger partial charge < -0.3 is 9.72 Å². The zero-order valence-electron chi connectivity index (χ0n) is 23.8. The first-order chi connectivity index (χ1) is 19.3. The SMILES string of the molecule is CCC(c1nnnn1Cc1ccc(OC)cc1)N(Cc1ccc(C)cc1)Cc1cc2cc(C)c(C)cc2[nH]c1=O. The highest BCUT2D eigenvalue weighted by Crippen LogP contribution is 2.27. The number of aromatic nitrogens is 5. The Bertz CT molecular complexity index is 1650. The lowest BCUT2D eigenvalue weighted by molar-refractivity contribution is 0.161. The molecule has 0 saturated heterocycles. The molecule has 0 radical (unpaired) electrons. The van der Waals surface area contributed by atoms with Gasteiger partial charge in [-0.25, -0.2) is 4.68 Å². The number of rotatable bonds is 10. The Morgan fingerprint density at radius 3 is 2.33 bits per heavy atom. The molecule has 0 saturated carbocycles. The van der Waals surface area contributed by atoms with Crippen molar-refractivity contribution < 1.29 is 4.74 Å². The zero-order valence-corrected chi connectivity index (χ0v) is 23.8. The van der Waals surface area contributed by atoms with E-state index in [2.05, 4.69) is 83.4 Å². The van der Waals surface area contributed by atoms with E-state index in [9.17, 15) is 4.79 Å². The van der Waals surface area contributed by atoms with Crippen LogP contribution in [-0.4, -0.2) is 37.2 Å². The Morgan fingerprint density at radius 2 is 1.62 bits per heavy atom. The van der Waals surface area contributed by atoms with Gasteiger partial charge in [-0.05, 0) is 95.6 Å². The molecule has 3 aromatic carbocycles. The number of aryl methyl sites for hydroxylation is 3. The number of tetrazole rings is 1. The summed E-state index contributed by atoms with van der Waals surface area (Å²) < 4.78 is 7.16. The fraction of sp³-hybridized carbons (Fsp3) is 0.312. The lowest BCUT2D eigenvalue weighted by Gasteiger charge is -2.30. The van der Waals surface area contributed by atoms with Gasteiger partial charge >= 0.3 is 0 Å². The molecule has 2 aromatic heterocycles. The number of nitrogens with zero attached hydrogens (tertiary/aromatic N) is 5. The van der Waals surface area contributed by atoms with Crippen molar-refractivity contribution in [2.24, 2.45) is 0 Å². The van der Waals surface area contributed by atoms with Gasteiger partial charge in [0.25, 0.3) is 5.56 Å². The third-order valence-electron chi connectivity index (χ3n) is 7.59. The van der Waals surface area contributed by atoms with Gasteiger partial charge in [0.1, 0.15) is 5.75 Å². The number of hydrogen-bond acceptors (Lipinski definition) is 6. The highest BCUT2D eigenvalue weighted by Gasteiger charge is 2.26. The first-order valence-electron chi connectivity index (χ1n) is 13.7. The summed E-state index contributed by atoms with van der Waals surface area (Å²) in [5, 5.41) is 13.9. The minimum absolute atomic E-state index is 0.0719.